The van der Waals surface area contributed by atoms with Crippen LogP contribution in [0.3, 0.4) is 0 Å². The van der Waals surface area contributed by atoms with Crippen LogP contribution in [-0.2, 0) is 4.74 Å². The molecule has 1 heterocycles. The molecule has 1 rings (SSSR count). The molecule has 0 N–H and O–H groups in total. The number of nitrogens with zero attached hydrogens (tertiary/aromatic N) is 1. The first-order valence-corrected chi connectivity index (χ1v) is 6.41. The van der Waals surface area contributed by atoms with Gasteiger partial charge in [0.1, 0.15) is 0 Å². The Hall–Kier alpha value is -0.290. The maximum atomic E-state index is 9.67. The first-order valence-electron chi connectivity index (χ1n) is 6.41. The minimum absolute atomic E-state index is 0.867. The van der Waals surface area contributed by atoms with E-state index in [-0.39, 0.29) is 0 Å². The van der Waals surface area contributed by atoms with Crippen molar-refractivity contribution in [2.45, 2.75) is 46.2 Å². The second kappa shape index (κ2) is 9.71. The first kappa shape index (κ1) is 16.7. The fourth-order valence-corrected chi connectivity index (χ4v) is 2.20. The number of ether oxygens (including phenoxy) is 1. The van der Waals surface area contributed by atoms with E-state index in [0.717, 1.165) is 13.3 Å². The minimum atomic E-state index is -3.67. The number of hydrogen-bond acceptors (Lipinski definition) is 1. The van der Waals surface area contributed by atoms with Gasteiger partial charge in [0.2, 0.25) is 0 Å². The first-order chi connectivity index (χ1) is 8.06. The van der Waals surface area contributed by atoms with Gasteiger partial charge >= 0.3 is 6.68 Å². The lowest BCUT2D eigenvalue weighted by Crippen LogP contribution is -2.47. The van der Waals surface area contributed by atoms with Crippen LogP contribution in [0.1, 0.15) is 39.5 Å². The molecule has 2 nitrogen and oxygen atoms in total. The third kappa shape index (κ3) is 8.44. The largest absolute Gasteiger partial charge is 0.379 e. The summed E-state index contributed by atoms with van der Waals surface area (Å²) >= 11 is 0. The van der Waals surface area contributed by atoms with Crippen LogP contribution in [0.15, 0.2) is 0 Å². The van der Waals surface area contributed by atoms with Crippen LogP contribution in [-0.4, -0.2) is 44.1 Å². The van der Waals surface area contributed by atoms with Crippen molar-refractivity contribution in [1.29, 1.82) is 0 Å². The Kier molecular flexibility index (Phi) is 9.55. The molecule has 0 aromatic heterocycles. The lowest BCUT2D eigenvalue weighted by molar-refractivity contribution is -0.935. The number of rotatable bonds is 6. The molecule has 1 aliphatic heterocycles. The number of unbranched alkanes of at least 4 members (excludes halogenated alkanes) is 1. The zero-order valence-corrected chi connectivity index (χ0v) is 10.9. The molecular weight excluding hydrogens is 231 g/mol. The van der Waals surface area contributed by atoms with Gasteiger partial charge in [0.25, 0.3) is 0 Å². The summed E-state index contributed by atoms with van der Waals surface area (Å²) in [6.07, 6.45) is 5.47. The Balaban J connectivity index is 0.000000557. The van der Waals surface area contributed by atoms with Crippen LogP contribution in [0.5, 0.6) is 0 Å². The summed E-state index contributed by atoms with van der Waals surface area (Å²) in [6, 6.07) is 0. The van der Waals surface area contributed by atoms with Gasteiger partial charge in [-0.25, -0.2) is 0 Å². The molecule has 0 amide bonds. The van der Waals surface area contributed by atoms with E-state index in [2.05, 4.69) is 13.8 Å². The molecule has 5 heteroatoms. The van der Waals surface area contributed by atoms with Crippen molar-refractivity contribution in [3.8, 4) is 0 Å². The molecule has 0 aromatic rings. The van der Waals surface area contributed by atoms with Crippen LogP contribution < -0.4 is 0 Å². The normalized spacial score (nSPS) is 18.0. The van der Waals surface area contributed by atoms with E-state index >= 15 is 0 Å². The molecule has 0 saturated carbocycles. The van der Waals surface area contributed by atoms with Crippen molar-refractivity contribution < 1.29 is 22.4 Å². The van der Waals surface area contributed by atoms with E-state index in [4.69, 9.17) is 4.74 Å². The fraction of sp³-hybridized carbons (Fsp3) is 1.00. The number of alkyl halides is 3. The van der Waals surface area contributed by atoms with Crippen LogP contribution in [0.4, 0.5) is 13.2 Å². The van der Waals surface area contributed by atoms with Gasteiger partial charge in [0, 0.05) is 19.4 Å². The average Bonchev–Trinajstić information content (AvgIpc) is 2.72. The van der Waals surface area contributed by atoms with Crippen molar-refractivity contribution >= 4 is 0 Å². The van der Waals surface area contributed by atoms with Gasteiger partial charge in [-0.05, 0) is 13.3 Å². The van der Waals surface area contributed by atoms with Gasteiger partial charge in [-0.2, -0.15) is 13.2 Å². The van der Waals surface area contributed by atoms with E-state index in [1.807, 2.05) is 0 Å². The quantitative estimate of drug-likeness (QED) is 0.660. The molecule has 104 valence electrons. The van der Waals surface area contributed by atoms with E-state index in [1.54, 1.807) is 0 Å². The van der Waals surface area contributed by atoms with Crippen LogP contribution in [0.2, 0.25) is 0 Å². The van der Waals surface area contributed by atoms with E-state index in [1.165, 1.54) is 49.8 Å². The van der Waals surface area contributed by atoms with Gasteiger partial charge in [-0.3, -0.25) is 0 Å². The topological polar surface area (TPSA) is 9.23 Å². The molecule has 0 atom stereocenters. The zero-order chi connectivity index (χ0) is 13.1. The summed E-state index contributed by atoms with van der Waals surface area (Å²) in [7, 11) is 0. The number of likely N-dealkylation sites (tertiary alicyclic amines) is 1. The van der Waals surface area contributed by atoms with Crippen LogP contribution in [0, 0.1) is 0 Å². The molecule has 1 fully saturated rings. The molecule has 0 unspecified atom stereocenters. The fourth-order valence-electron chi connectivity index (χ4n) is 2.20. The summed E-state index contributed by atoms with van der Waals surface area (Å²) in [4.78, 5) is 0. The van der Waals surface area contributed by atoms with Gasteiger partial charge in [0.15, 0.2) is 6.73 Å². The van der Waals surface area contributed by atoms with E-state index in [0.29, 0.717) is 0 Å². The van der Waals surface area contributed by atoms with Crippen molar-refractivity contribution in [3.63, 3.8) is 0 Å². The number of hydrogen-bond donors (Lipinski definition) is 0. The molecule has 17 heavy (non-hydrogen) atoms. The molecule has 0 bridgehead atoms. The standard InChI is InChI=1S/C11H24NO.CHF3/c1-3-5-8-12(11-13-4-2)9-6-7-10-12;2-1(3)4/h3-11H2,1-2H3;1H/q+1;. The second-order valence-electron chi connectivity index (χ2n) is 4.44. The summed E-state index contributed by atoms with van der Waals surface area (Å²) < 4.78 is 35.8. The highest BCUT2D eigenvalue weighted by Crippen LogP contribution is 2.20. The molecular formula is C12H25F3NO+. The Morgan fingerprint density at radius 1 is 1.12 bits per heavy atom. The van der Waals surface area contributed by atoms with Gasteiger partial charge < -0.3 is 9.22 Å². The number of quaternary nitrogens is 1. The molecule has 1 saturated heterocycles. The zero-order valence-electron chi connectivity index (χ0n) is 10.9. The Morgan fingerprint density at radius 3 is 2.06 bits per heavy atom. The van der Waals surface area contributed by atoms with Crippen LogP contribution >= 0.6 is 0 Å². The highest BCUT2D eigenvalue weighted by molar-refractivity contribution is 4.52. The lowest BCUT2D eigenvalue weighted by atomic mass is 10.3. The van der Waals surface area contributed by atoms with Crippen molar-refractivity contribution in [1.82, 2.24) is 0 Å². The van der Waals surface area contributed by atoms with Crippen molar-refractivity contribution in [2.24, 2.45) is 0 Å². The average molecular weight is 256 g/mol. The Bertz CT molecular complexity index is 160. The lowest BCUT2D eigenvalue weighted by Gasteiger charge is -2.33. The molecule has 0 spiro atoms. The van der Waals surface area contributed by atoms with E-state index < -0.39 is 6.68 Å². The maximum absolute atomic E-state index is 9.67. The Labute approximate surface area is 102 Å². The third-order valence-corrected chi connectivity index (χ3v) is 3.07. The van der Waals surface area contributed by atoms with Crippen molar-refractivity contribution in [2.75, 3.05) is 33.0 Å². The smallest absolute Gasteiger partial charge is 0.332 e. The number of halogens is 3. The third-order valence-electron chi connectivity index (χ3n) is 3.07. The van der Waals surface area contributed by atoms with E-state index in [9.17, 15) is 13.2 Å². The highest BCUT2D eigenvalue weighted by atomic mass is 19.4. The summed E-state index contributed by atoms with van der Waals surface area (Å²) in [5.74, 6) is 0. The van der Waals surface area contributed by atoms with Crippen molar-refractivity contribution in [3.05, 3.63) is 0 Å². The SMILES string of the molecule is CCCC[N+]1(COCC)CCCC1.FC(F)F. The molecule has 0 aliphatic carbocycles. The maximum Gasteiger partial charge on any atom is 0.379 e. The van der Waals surface area contributed by atoms with Gasteiger partial charge in [-0.1, -0.05) is 13.3 Å². The molecule has 1 aliphatic rings. The predicted molar refractivity (Wildman–Crippen MR) is 62.6 cm³/mol. The second-order valence-corrected chi connectivity index (χ2v) is 4.44. The monoisotopic (exact) mass is 256 g/mol. The summed E-state index contributed by atoms with van der Waals surface area (Å²) in [5, 5.41) is 0. The predicted octanol–water partition coefficient (Wildman–Crippen LogP) is 3.57. The summed E-state index contributed by atoms with van der Waals surface area (Å²) in [6.45, 7) is 6.54. The van der Waals surface area contributed by atoms with Crippen LogP contribution in [0.25, 0.3) is 0 Å². The highest BCUT2D eigenvalue weighted by Gasteiger charge is 2.30. The van der Waals surface area contributed by atoms with Gasteiger partial charge in [0.05, 0.1) is 19.6 Å². The molecule has 0 radical (unpaired) electrons. The van der Waals surface area contributed by atoms with Gasteiger partial charge in [-0.15, -0.1) is 0 Å². The Morgan fingerprint density at radius 2 is 1.65 bits per heavy atom. The molecule has 0 aromatic carbocycles. The minimum Gasteiger partial charge on any atom is -0.332 e. The summed E-state index contributed by atoms with van der Waals surface area (Å²) in [5.41, 5.74) is 0.